The van der Waals surface area contributed by atoms with Crippen molar-refractivity contribution in [3.8, 4) is 0 Å². The Labute approximate surface area is 143 Å². The Morgan fingerprint density at radius 2 is 2.12 bits per heavy atom. The van der Waals surface area contributed by atoms with Crippen LogP contribution in [0.5, 0.6) is 0 Å². The Kier molecular flexibility index (Phi) is 6.31. The first-order valence-corrected chi connectivity index (χ1v) is 8.35. The van der Waals surface area contributed by atoms with Crippen molar-refractivity contribution in [1.29, 1.82) is 0 Å². The minimum Gasteiger partial charge on any atom is -0.444 e. The number of Topliss-reactive ketones (excluding diaryl/α,β-unsaturated/α-hetero) is 1. The molecule has 6 heteroatoms. The summed E-state index contributed by atoms with van der Waals surface area (Å²) in [6.07, 6.45) is 3.21. The van der Waals surface area contributed by atoms with Gasteiger partial charge in [-0.15, -0.1) is 0 Å². The van der Waals surface area contributed by atoms with Crippen LogP contribution in [-0.4, -0.2) is 53.7 Å². The second-order valence-corrected chi connectivity index (χ2v) is 7.09. The van der Waals surface area contributed by atoms with Gasteiger partial charge in [0, 0.05) is 25.2 Å². The maximum atomic E-state index is 12.1. The molecular weight excluding hydrogens is 308 g/mol. The van der Waals surface area contributed by atoms with Gasteiger partial charge in [0.05, 0.1) is 6.61 Å². The van der Waals surface area contributed by atoms with Crippen LogP contribution in [0, 0.1) is 5.92 Å². The standard InChI is InChI=1S/C18H26N2O4/c1-18(2,3)24-17(22)20-10-6-7-14(11-20)12-23-13-16(21)15-8-4-5-9-19-15/h4-5,8-9,14H,6-7,10-13H2,1-3H3/t14-/m0/s1. The second kappa shape index (κ2) is 8.24. The van der Waals surface area contributed by atoms with Gasteiger partial charge in [-0.1, -0.05) is 6.07 Å². The molecular formula is C18H26N2O4. The predicted molar refractivity (Wildman–Crippen MR) is 89.9 cm³/mol. The molecule has 0 spiro atoms. The lowest BCUT2D eigenvalue weighted by molar-refractivity contribution is 0.00784. The van der Waals surface area contributed by atoms with Gasteiger partial charge in [-0.3, -0.25) is 9.78 Å². The molecule has 2 heterocycles. The molecule has 1 atom stereocenters. The molecule has 1 aromatic heterocycles. The van der Waals surface area contributed by atoms with Gasteiger partial charge < -0.3 is 14.4 Å². The topological polar surface area (TPSA) is 68.7 Å². The normalized spacial score (nSPS) is 18.3. The van der Waals surface area contributed by atoms with E-state index in [1.807, 2.05) is 20.8 Å². The molecule has 1 aromatic rings. The summed E-state index contributed by atoms with van der Waals surface area (Å²) < 4.78 is 11.0. The smallest absolute Gasteiger partial charge is 0.410 e. The van der Waals surface area contributed by atoms with E-state index in [-0.39, 0.29) is 24.4 Å². The van der Waals surface area contributed by atoms with E-state index < -0.39 is 5.60 Å². The van der Waals surface area contributed by atoms with Crippen molar-refractivity contribution in [3.05, 3.63) is 30.1 Å². The number of carbonyl (C=O) groups excluding carboxylic acids is 2. The minimum absolute atomic E-state index is 0.0138. The zero-order valence-corrected chi connectivity index (χ0v) is 14.7. The number of piperidine rings is 1. The Morgan fingerprint density at radius 3 is 2.79 bits per heavy atom. The Morgan fingerprint density at radius 1 is 1.33 bits per heavy atom. The third kappa shape index (κ3) is 5.92. The van der Waals surface area contributed by atoms with E-state index in [1.165, 1.54) is 0 Å². The number of hydrogen-bond acceptors (Lipinski definition) is 5. The summed E-state index contributed by atoms with van der Waals surface area (Å²) in [7, 11) is 0. The number of rotatable bonds is 5. The highest BCUT2D eigenvalue weighted by molar-refractivity contribution is 5.95. The number of likely N-dealkylation sites (tertiary alicyclic amines) is 1. The maximum Gasteiger partial charge on any atom is 0.410 e. The lowest BCUT2D eigenvalue weighted by Gasteiger charge is -2.34. The molecule has 0 bridgehead atoms. The molecule has 1 fully saturated rings. The number of pyridine rings is 1. The fourth-order valence-electron chi connectivity index (χ4n) is 2.61. The molecule has 0 radical (unpaired) electrons. The van der Waals surface area contributed by atoms with Gasteiger partial charge >= 0.3 is 6.09 Å². The molecule has 0 unspecified atom stereocenters. The molecule has 1 saturated heterocycles. The first-order chi connectivity index (χ1) is 11.3. The summed E-state index contributed by atoms with van der Waals surface area (Å²) in [5.74, 6) is 0.0956. The molecule has 6 nitrogen and oxygen atoms in total. The SMILES string of the molecule is CC(C)(C)OC(=O)N1CCC[C@H](COCC(=O)c2ccccn2)C1. The molecule has 0 aromatic carbocycles. The summed E-state index contributed by atoms with van der Waals surface area (Å²) >= 11 is 0. The average molecular weight is 334 g/mol. The van der Waals surface area contributed by atoms with Crippen LogP contribution in [0.3, 0.4) is 0 Å². The van der Waals surface area contributed by atoms with Crippen LogP contribution in [0.1, 0.15) is 44.1 Å². The molecule has 2 rings (SSSR count). The maximum absolute atomic E-state index is 12.1. The summed E-state index contributed by atoms with van der Waals surface area (Å²) in [6.45, 7) is 7.36. The van der Waals surface area contributed by atoms with E-state index in [2.05, 4.69) is 4.98 Å². The number of ether oxygens (including phenoxy) is 2. The zero-order valence-electron chi connectivity index (χ0n) is 14.7. The fraction of sp³-hybridized carbons (Fsp3) is 0.611. The van der Waals surface area contributed by atoms with Gasteiger partial charge in [0.15, 0.2) is 0 Å². The third-order valence-corrected chi connectivity index (χ3v) is 3.71. The van der Waals surface area contributed by atoms with Crippen molar-refractivity contribution in [2.24, 2.45) is 5.92 Å². The Hall–Kier alpha value is -1.95. The number of aromatic nitrogens is 1. The lowest BCUT2D eigenvalue weighted by atomic mass is 9.99. The van der Waals surface area contributed by atoms with E-state index in [0.717, 1.165) is 12.8 Å². The summed E-state index contributed by atoms with van der Waals surface area (Å²) in [5.41, 5.74) is -0.0770. The molecule has 0 N–H and O–H groups in total. The number of ketones is 1. The summed E-state index contributed by atoms with van der Waals surface area (Å²) in [5, 5.41) is 0. The van der Waals surface area contributed by atoms with Crippen LogP contribution >= 0.6 is 0 Å². The first-order valence-electron chi connectivity index (χ1n) is 8.35. The molecule has 1 aliphatic rings. The number of hydrogen-bond donors (Lipinski definition) is 0. The van der Waals surface area contributed by atoms with E-state index in [0.29, 0.717) is 25.4 Å². The van der Waals surface area contributed by atoms with Gasteiger partial charge in [-0.2, -0.15) is 0 Å². The van der Waals surface area contributed by atoms with Gasteiger partial charge in [0.1, 0.15) is 17.9 Å². The van der Waals surface area contributed by atoms with E-state index in [9.17, 15) is 9.59 Å². The molecule has 132 valence electrons. The molecule has 24 heavy (non-hydrogen) atoms. The van der Waals surface area contributed by atoms with Crippen molar-refractivity contribution in [2.75, 3.05) is 26.3 Å². The zero-order chi connectivity index (χ0) is 17.6. The van der Waals surface area contributed by atoms with Crippen molar-refractivity contribution in [3.63, 3.8) is 0 Å². The average Bonchev–Trinajstić information content (AvgIpc) is 2.54. The quantitative estimate of drug-likeness (QED) is 0.775. The van der Waals surface area contributed by atoms with Gasteiger partial charge in [-0.05, 0) is 45.7 Å². The van der Waals surface area contributed by atoms with E-state index in [4.69, 9.17) is 9.47 Å². The number of carbonyl (C=O) groups is 2. The van der Waals surface area contributed by atoms with Gasteiger partial charge in [0.2, 0.25) is 5.78 Å². The first kappa shape index (κ1) is 18.4. The van der Waals surface area contributed by atoms with Crippen LogP contribution < -0.4 is 0 Å². The Bertz CT molecular complexity index is 554. The highest BCUT2D eigenvalue weighted by atomic mass is 16.6. The van der Waals surface area contributed by atoms with Gasteiger partial charge in [0.25, 0.3) is 0 Å². The van der Waals surface area contributed by atoms with Crippen LogP contribution in [-0.2, 0) is 9.47 Å². The monoisotopic (exact) mass is 334 g/mol. The van der Waals surface area contributed by atoms with E-state index in [1.54, 1.807) is 29.3 Å². The lowest BCUT2D eigenvalue weighted by Crippen LogP contribution is -2.43. The molecule has 1 amide bonds. The number of nitrogens with zero attached hydrogens (tertiary/aromatic N) is 2. The van der Waals surface area contributed by atoms with Crippen molar-refractivity contribution >= 4 is 11.9 Å². The largest absolute Gasteiger partial charge is 0.444 e. The van der Waals surface area contributed by atoms with Crippen LogP contribution in [0.4, 0.5) is 4.79 Å². The second-order valence-electron chi connectivity index (χ2n) is 7.09. The minimum atomic E-state index is -0.490. The number of amides is 1. The molecule has 0 aliphatic carbocycles. The van der Waals surface area contributed by atoms with E-state index >= 15 is 0 Å². The van der Waals surface area contributed by atoms with Crippen LogP contribution in [0.15, 0.2) is 24.4 Å². The third-order valence-electron chi connectivity index (χ3n) is 3.71. The highest BCUT2D eigenvalue weighted by Crippen LogP contribution is 2.19. The van der Waals surface area contributed by atoms with Gasteiger partial charge in [-0.25, -0.2) is 4.79 Å². The van der Waals surface area contributed by atoms with Crippen molar-refractivity contribution in [1.82, 2.24) is 9.88 Å². The Balaban J connectivity index is 1.75. The fourth-order valence-corrected chi connectivity index (χ4v) is 2.61. The summed E-state index contributed by atoms with van der Waals surface area (Å²) in [6, 6.07) is 5.22. The molecule has 1 aliphatic heterocycles. The highest BCUT2D eigenvalue weighted by Gasteiger charge is 2.27. The van der Waals surface area contributed by atoms with Crippen LogP contribution in [0.2, 0.25) is 0 Å². The molecule has 0 saturated carbocycles. The van der Waals surface area contributed by atoms with Crippen LogP contribution in [0.25, 0.3) is 0 Å². The summed E-state index contributed by atoms with van der Waals surface area (Å²) in [4.78, 5) is 29.8. The van der Waals surface area contributed by atoms with Crippen molar-refractivity contribution < 1.29 is 19.1 Å². The predicted octanol–water partition coefficient (Wildman–Crippen LogP) is 2.93. The van der Waals surface area contributed by atoms with Crippen molar-refractivity contribution in [2.45, 2.75) is 39.2 Å².